The van der Waals surface area contributed by atoms with Crippen molar-refractivity contribution in [1.82, 2.24) is 14.9 Å². The Morgan fingerprint density at radius 3 is 2.79 bits per heavy atom. The predicted molar refractivity (Wildman–Crippen MR) is 113 cm³/mol. The zero-order valence-electron chi connectivity index (χ0n) is 15.5. The molecule has 2 amide bonds. The van der Waals surface area contributed by atoms with Gasteiger partial charge in [-0.25, -0.2) is 4.98 Å². The van der Waals surface area contributed by atoms with Gasteiger partial charge < -0.3 is 4.90 Å². The number of carbonyl (C=O) groups excluding carboxylic acids is 2. The number of thiazole rings is 1. The van der Waals surface area contributed by atoms with Gasteiger partial charge in [0.1, 0.15) is 0 Å². The van der Waals surface area contributed by atoms with Gasteiger partial charge in [0.25, 0.3) is 0 Å². The summed E-state index contributed by atoms with van der Waals surface area (Å²) in [5.74, 6) is -1.20. The molecule has 1 atom stereocenters. The molecule has 0 bridgehead atoms. The molecule has 148 valence electrons. The van der Waals surface area contributed by atoms with E-state index < -0.39 is 11.8 Å². The van der Waals surface area contributed by atoms with Crippen molar-refractivity contribution in [3.63, 3.8) is 0 Å². The number of likely N-dealkylation sites (tertiary alicyclic amines) is 1. The van der Waals surface area contributed by atoms with Gasteiger partial charge >= 0.3 is 11.8 Å². The number of anilines is 1. The van der Waals surface area contributed by atoms with E-state index in [2.05, 4.69) is 15.3 Å². The van der Waals surface area contributed by atoms with Gasteiger partial charge in [-0.2, -0.15) is 0 Å². The fraction of sp³-hybridized carbons (Fsp3) is 0.238. The minimum Gasteiger partial charge on any atom is -0.327 e. The van der Waals surface area contributed by atoms with Crippen LogP contribution in [0.2, 0.25) is 5.02 Å². The Balaban J connectivity index is 1.41. The summed E-state index contributed by atoms with van der Waals surface area (Å²) in [6.07, 6.45) is 7.42. The molecule has 3 heterocycles. The smallest absolute Gasteiger partial charge is 0.315 e. The molecule has 2 aromatic heterocycles. The molecule has 1 aliphatic rings. The zero-order chi connectivity index (χ0) is 20.2. The first kappa shape index (κ1) is 19.5. The number of benzene rings is 1. The summed E-state index contributed by atoms with van der Waals surface area (Å²) >= 11 is 7.55. The molecule has 6 nitrogen and oxygen atoms in total. The van der Waals surface area contributed by atoms with Crippen LogP contribution in [0.1, 0.15) is 34.9 Å². The van der Waals surface area contributed by atoms with Crippen LogP contribution in [-0.4, -0.2) is 33.2 Å². The van der Waals surface area contributed by atoms with E-state index in [-0.39, 0.29) is 6.04 Å². The molecule has 0 aliphatic carbocycles. The number of rotatable bonds is 4. The SMILES string of the molecule is O=C(Nc1ncc(Cc2ccccc2Cl)s1)C(=O)N1CCC[C@@H]1c1ccncc1. The van der Waals surface area contributed by atoms with Crippen LogP contribution in [0.25, 0.3) is 0 Å². The number of hydrogen-bond donors (Lipinski definition) is 1. The molecule has 1 saturated heterocycles. The van der Waals surface area contributed by atoms with Crippen molar-refractivity contribution in [2.75, 3.05) is 11.9 Å². The highest BCUT2D eigenvalue weighted by Crippen LogP contribution is 2.32. The summed E-state index contributed by atoms with van der Waals surface area (Å²) in [6, 6.07) is 11.3. The lowest BCUT2D eigenvalue weighted by Crippen LogP contribution is -2.39. The van der Waals surface area contributed by atoms with E-state index in [4.69, 9.17) is 11.6 Å². The number of nitrogens with one attached hydrogen (secondary N) is 1. The Kier molecular flexibility index (Phi) is 5.87. The van der Waals surface area contributed by atoms with Crippen molar-refractivity contribution in [1.29, 1.82) is 0 Å². The number of pyridine rings is 1. The van der Waals surface area contributed by atoms with Crippen molar-refractivity contribution in [2.24, 2.45) is 0 Å². The third-order valence-electron chi connectivity index (χ3n) is 4.90. The highest BCUT2D eigenvalue weighted by Gasteiger charge is 2.33. The average molecular weight is 427 g/mol. The molecular formula is C21H19ClN4O2S. The average Bonchev–Trinajstić information content (AvgIpc) is 3.39. The van der Waals surface area contributed by atoms with Gasteiger partial charge in [0.2, 0.25) is 0 Å². The second-order valence-corrected chi connectivity index (χ2v) is 8.31. The molecule has 4 rings (SSSR count). The number of amides is 2. The summed E-state index contributed by atoms with van der Waals surface area (Å²) < 4.78 is 0. The first-order chi connectivity index (χ1) is 14.1. The first-order valence-electron chi connectivity index (χ1n) is 9.32. The van der Waals surface area contributed by atoms with E-state index in [1.54, 1.807) is 23.5 Å². The molecule has 3 aromatic rings. The van der Waals surface area contributed by atoms with Gasteiger partial charge in [-0.1, -0.05) is 29.8 Å². The Bertz CT molecular complexity index is 1020. The molecular weight excluding hydrogens is 408 g/mol. The molecule has 0 saturated carbocycles. The van der Waals surface area contributed by atoms with Crippen molar-refractivity contribution in [3.8, 4) is 0 Å². The van der Waals surface area contributed by atoms with Gasteiger partial charge in [-0.15, -0.1) is 11.3 Å². The van der Waals surface area contributed by atoms with Gasteiger partial charge in [0.05, 0.1) is 6.04 Å². The molecule has 0 unspecified atom stereocenters. The Hall–Kier alpha value is -2.77. The van der Waals surface area contributed by atoms with Crippen LogP contribution in [0, 0.1) is 0 Å². The highest BCUT2D eigenvalue weighted by molar-refractivity contribution is 7.15. The van der Waals surface area contributed by atoms with E-state index >= 15 is 0 Å². The molecule has 1 fully saturated rings. The minimum atomic E-state index is -0.662. The number of nitrogens with zero attached hydrogens (tertiary/aromatic N) is 3. The van der Waals surface area contributed by atoms with Crippen molar-refractivity contribution >= 4 is 39.9 Å². The van der Waals surface area contributed by atoms with Crippen LogP contribution >= 0.6 is 22.9 Å². The molecule has 0 spiro atoms. The number of halogens is 1. The monoisotopic (exact) mass is 426 g/mol. The van der Waals surface area contributed by atoms with Crippen LogP contribution in [-0.2, 0) is 16.0 Å². The number of hydrogen-bond acceptors (Lipinski definition) is 5. The zero-order valence-corrected chi connectivity index (χ0v) is 17.1. The van der Waals surface area contributed by atoms with E-state index in [9.17, 15) is 9.59 Å². The topological polar surface area (TPSA) is 75.2 Å². The Labute approximate surface area is 177 Å². The molecule has 8 heteroatoms. The normalized spacial score (nSPS) is 16.0. The molecule has 1 aliphatic heterocycles. The van der Waals surface area contributed by atoms with Crippen LogP contribution in [0.3, 0.4) is 0 Å². The Morgan fingerprint density at radius 1 is 1.21 bits per heavy atom. The van der Waals surface area contributed by atoms with Crippen molar-refractivity contribution in [3.05, 3.63) is 76.0 Å². The Morgan fingerprint density at radius 2 is 2.00 bits per heavy atom. The quantitative estimate of drug-likeness (QED) is 0.637. The van der Waals surface area contributed by atoms with Gasteiger partial charge in [-0.3, -0.25) is 19.9 Å². The molecule has 29 heavy (non-hydrogen) atoms. The fourth-order valence-corrected chi connectivity index (χ4v) is 4.53. The summed E-state index contributed by atoms with van der Waals surface area (Å²) in [4.78, 5) is 36.1. The van der Waals surface area contributed by atoms with E-state index in [1.165, 1.54) is 11.3 Å². The van der Waals surface area contributed by atoms with Crippen LogP contribution < -0.4 is 5.32 Å². The predicted octanol–water partition coefficient (Wildman–Crippen LogP) is 4.08. The number of carbonyl (C=O) groups is 2. The maximum absolute atomic E-state index is 12.7. The largest absolute Gasteiger partial charge is 0.327 e. The van der Waals surface area contributed by atoms with Gasteiger partial charge in [-0.05, 0) is 42.2 Å². The van der Waals surface area contributed by atoms with Gasteiger partial charge in [0, 0.05) is 41.5 Å². The second kappa shape index (κ2) is 8.71. The van der Waals surface area contributed by atoms with Crippen LogP contribution in [0.15, 0.2) is 55.0 Å². The maximum Gasteiger partial charge on any atom is 0.315 e. The summed E-state index contributed by atoms with van der Waals surface area (Å²) in [5.41, 5.74) is 1.99. The fourth-order valence-electron chi connectivity index (χ4n) is 3.50. The lowest BCUT2D eigenvalue weighted by molar-refractivity contribution is -0.143. The van der Waals surface area contributed by atoms with E-state index in [0.29, 0.717) is 23.1 Å². The summed E-state index contributed by atoms with van der Waals surface area (Å²) in [6.45, 7) is 0.564. The maximum atomic E-state index is 12.7. The van der Waals surface area contributed by atoms with Gasteiger partial charge in [0.15, 0.2) is 5.13 Å². The molecule has 1 N–H and O–H groups in total. The van der Waals surface area contributed by atoms with E-state index in [1.807, 2.05) is 36.4 Å². The van der Waals surface area contributed by atoms with Crippen LogP contribution in [0.4, 0.5) is 5.13 Å². The minimum absolute atomic E-state index is 0.0941. The van der Waals surface area contributed by atoms with E-state index in [0.717, 1.165) is 28.8 Å². The summed E-state index contributed by atoms with van der Waals surface area (Å²) in [7, 11) is 0. The van der Waals surface area contributed by atoms with Crippen LogP contribution in [0.5, 0.6) is 0 Å². The first-order valence-corrected chi connectivity index (χ1v) is 10.5. The summed E-state index contributed by atoms with van der Waals surface area (Å²) in [5, 5.41) is 3.74. The van der Waals surface area contributed by atoms with Crippen molar-refractivity contribution < 1.29 is 9.59 Å². The van der Waals surface area contributed by atoms with Crippen molar-refractivity contribution in [2.45, 2.75) is 25.3 Å². The number of aromatic nitrogens is 2. The molecule has 1 aromatic carbocycles. The standard InChI is InChI=1S/C21H19ClN4O2S/c22-17-5-2-1-4-15(17)12-16-13-24-21(29-16)25-19(27)20(28)26-11-3-6-18(26)14-7-9-23-10-8-14/h1-2,4-5,7-10,13,18H,3,6,11-12H2,(H,24,25,27)/t18-/m1/s1. The molecule has 0 radical (unpaired) electrons. The third-order valence-corrected chi connectivity index (χ3v) is 6.18. The third kappa shape index (κ3) is 4.46. The lowest BCUT2D eigenvalue weighted by Gasteiger charge is -2.24. The highest BCUT2D eigenvalue weighted by atomic mass is 35.5. The second-order valence-electron chi connectivity index (χ2n) is 6.79. The lowest BCUT2D eigenvalue weighted by atomic mass is 10.1.